The van der Waals surface area contributed by atoms with Crippen molar-refractivity contribution in [3.05, 3.63) is 64.5 Å². The van der Waals surface area contributed by atoms with Crippen LogP contribution in [0.25, 0.3) is 0 Å². The second-order valence-corrected chi connectivity index (χ2v) is 10.6. The number of likely N-dealkylation sites (tertiary alicyclic amines) is 1. The first kappa shape index (κ1) is 27.2. The van der Waals surface area contributed by atoms with Crippen molar-refractivity contribution in [1.29, 1.82) is 0 Å². The van der Waals surface area contributed by atoms with E-state index in [0.29, 0.717) is 23.4 Å². The molecule has 0 bridgehead atoms. The van der Waals surface area contributed by atoms with Gasteiger partial charge in [-0.2, -0.15) is 0 Å². The van der Waals surface area contributed by atoms with Gasteiger partial charge < -0.3 is 15.2 Å². The molecule has 208 valence electrons. The van der Waals surface area contributed by atoms with Crippen LogP contribution in [-0.2, 0) is 27.4 Å². The molecule has 2 atom stereocenters. The zero-order chi connectivity index (χ0) is 27.7. The molecule has 0 spiro atoms. The third-order valence-electron chi connectivity index (χ3n) is 8.48. The average molecular weight is 539 g/mol. The molecule has 9 nitrogen and oxygen atoms in total. The van der Waals surface area contributed by atoms with Gasteiger partial charge in [0, 0.05) is 62.1 Å². The molecule has 10 heteroatoms. The van der Waals surface area contributed by atoms with Crippen LogP contribution in [0.3, 0.4) is 0 Å². The van der Waals surface area contributed by atoms with Gasteiger partial charge >= 0.3 is 0 Å². The fourth-order valence-electron chi connectivity index (χ4n) is 5.93. The number of nitrogens with one attached hydrogen (secondary N) is 2. The average Bonchev–Trinajstić information content (AvgIpc) is 3.19. The lowest BCUT2D eigenvalue weighted by Gasteiger charge is -2.40. The third-order valence-corrected chi connectivity index (χ3v) is 8.48. The number of amides is 3. The number of benzene rings is 2. The summed E-state index contributed by atoms with van der Waals surface area (Å²) in [6.07, 6.45) is 1.78. The molecule has 0 aliphatic carbocycles. The van der Waals surface area contributed by atoms with E-state index in [1.165, 1.54) is 0 Å². The lowest BCUT2D eigenvalue weighted by Crippen LogP contribution is -2.53. The van der Waals surface area contributed by atoms with Crippen LogP contribution >= 0.6 is 0 Å². The molecule has 2 aromatic rings. The maximum absolute atomic E-state index is 15.1. The van der Waals surface area contributed by atoms with Gasteiger partial charge in [0.15, 0.2) is 6.23 Å². The lowest BCUT2D eigenvalue weighted by atomic mass is 9.88. The van der Waals surface area contributed by atoms with Crippen molar-refractivity contribution in [3.63, 3.8) is 0 Å². The maximum Gasteiger partial charge on any atom is 0.257 e. The molecule has 5 rings (SSSR count). The Morgan fingerprint density at radius 2 is 1.95 bits per heavy atom. The molecule has 3 amide bonds. The van der Waals surface area contributed by atoms with Crippen molar-refractivity contribution < 1.29 is 28.6 Å². The summed E-state index contributed by atoms with van der Waals surface area (Å²) in [5, 5.41) is 16.4. The number of halogens is 1. The highest BCUT2D eigenvalue weighted by Crippen LogP contribution is 2.39. The highest BCUT2D eigenvalue weighted by atomic mass is 19.1. The zero-order valence-electron chi connectivity index (χ0n) is 22.3. The third kappa shape index (κ3) is 5.28. The minimum Gasteiger partial charge on any atom is -0.380 e. The van der Waals surface area contributed by atoms with E-state index < -0.39 is 30.0 Å². The van der Waals surface area contributed by atoms with Gasteiger partial charge in [-0.3, -0.25) is 29.5 Å². The molecule has 2 aromatic carbocycles. The van der Waals surface area contributed by atoms with Crippen LogP contribution in [0.2, 0.25) is 0 Å². The second kappa shape index (κ2) is 11.0. The molecule has 3 aliphatic rings. The van der Waals surface area contributed by atoms with Crippen LogP contribution in [0, 0.1) is 5.82 Å². The SMILES string of the molecule is CCC1(OC)CCN(Cc2ccc(CNc3cccc4c3C(O)N(C3CCC(=O)NC3=O)C4=O)c(F)c2)CC1. The summed E-state index contributed by atoms with van der Waals surface area (Å²) in [7, 11) is 1.78. The van der Waals surface area contributed by atoms with Gasteiger partial charge in [-0.25, -0.2) is 4.39 Å². The van der Waals surface area contributed by atoms with Gasteiger partial charge in [0.1, 0.15) is 11.9 Å². The molecular formula is C29H35FN4O5. The Balaban J connectivity index is 1.24. The van der Waals surface area contributed by atoms with E-state index in [-0.39, 0.29) is 36.4 Å². The first-order valence-corrected chi connectivity index (χ1v) is 13.5. The number of carbonyl (C=O) groups is 3. The van der Waals surface area contributed by atoms with Crippen molar-refractivity contribution in [1.82, 2.24) is 15.1 Å². The summed E-state index contributed by atoms with van der Waals surface area (Å²) < 4.78 is 20.8. The van der Waals surface area contributed by atoms with Gasteiger partial charge in [-0.05, 0) is 49.4 Å². The molecule has 0 radical (unpaired) electrons. The van der Waals surface area contributed by atoms with Gasteiger partial charge in [0.05, 0.1) is 5.60 Å². The minimum atomic E-state index is -1.36. The van der Waals surface area contributed by atoms with Crippen LogP contribution in [0.1, 0.15) is 72.3 Å². The molecule has 39 heavy (non-hydrogen) atoms. The van der Waals surface area contributed by atoms with Crippen LogP contribution < -0.4 is 10.6 Å². The Kier molecular flexibility index (Phi) is 7.70. The number of hydrogen-bond donors (Lipinski definition) is 3. The number of piperidine rings is 2. The quantitative estimate of drug-likeness (QED) is 0.443. The number of fused-ring (bicyclic) bond motifs is 1. The lowest BCUT2D eigenvalue weighted by molar-refractivity contribution is -0.139. The van der Waals surface area contributed by atoms with E-state index in [9.17, 15) is 19.5 Å². The normalized spacial score (nSPS) is 23.1. The number of aliphatic hydroxyl groups excluding tert-OH is 1. The van der Waals surface area contributed by atoms with Crippen LogP contribution in [0.4, 0.5) is 10.1 Å². The van der Waals surface area contributed by atoms with E-state index in [2.05, 4.69) is 22.5 Å². The monoisotopic (exact) mass is 538 g/mol. The minimum absolute atomic E-state index is 0.0496. The van der Waals surface area contributed by atoms with Crippen LogP contribution in [-0.4, -0.2) is 64.5 Å². The largest absolute Gasteiger partial charge is 0.380 e. The smallest absolute Gasteiger partial charge is 0.257 e. The number of hydrogen-bond acceptors (Lipinski definition) is 7. The summed E-state index contributed by atoms with van der Waals surface area (Å²) >= 11 is 0. The Morgan fingerprint density at radius 1 is 1.18 bits per heavy atom. The molecule has 2 unspecified atom stereocenters. The van der Waals surface area contributed by atoms with E-state index >= 15 is 4.39 Å². The Hall–Kier alpha value is -3.34. The van der Waals surface area contributed by atoms with E-state index in [0.717, 1.165) is 42.8 Å². The van der Waals surface area contributed by atoms with Crippen molar-refractivity contribution >= 4 is 23.4 Å². The first-order chi connectivity index (χ1) is 18.7. The molecular weight excluding hydrogens is 503 g/mol. The van der Waals surface area contributed by atoms with E-state index in [1.807, 2.05) is 6.07 Å². The van der Waals surface area contributed by atoms with Crippen molar-refractivity contribution in [2.45, 2.75) is 70.0 Å². The fourth-order valence-corrected chi connectivity index (χ4v) is 5.93. The number of aliphatic hydroxyl groups is 1. The second-order valence-electron chi connectivity index (χ2n) is 10.6. The molecule has 2 fully saturated rings. The summed E-state index contributed by atoms with van der Waals surface area (Å²) in [5.41, 5.74) is 2.41. The fraction of sp³-hybridized carbons (Fsp3) is 0.483. The molecule has 0 aromatic heterocycles. The molecule has 3 N–H and O–H groups in total. The highest BCUT2D eigenvalue weighted by Gasteiger charge is 2.45. The predicted molar refractivity (Wildman–Crippen MR) is 142 cm³/mol. The Bertz CT molecular complexity index is 1270. The number of carbonyl (C=O) groups excluding carboxylic acids is 3. The standard InChI is InChI=1S/C29H35FN4O5/c1-3-29(39-2)11-13-33(14-12-29)17-18-7-8-19(21(30)15-18)16-31-22-6-4-5-20-25(22)28(38)34(27(20)37)23-9-10-24(35)32-26(23)36/h4-8,15,23,28,31,38H,3,9-14,16-17H2,1-2H3,(H,32,35,36). The molecule has 2 saturated heterocycles. The van der Waals surface area contributed by atoms with Crippen molar-refractivity contribution in [3.8, 4) is 0 Å². The van der Waals surface area contributed by atoms with Crippen LogP contribution in [0.15, 0.2) is 36.4 Å². The van der Waals surface area contributed by atoms with Crippen molar-refractivity contribution in [2.75, 3.05) is 25.5 Å². The number of nitrogens with zero attached hydrogens (tertiary/aromatic N) is 2. The number of methoxy groups -OCH3 is 1. The summed E-state index contributed by atoms with van der Waals surface area (Å²) in [5.74, 6) is -1.81. The van der Waals surface area contributed by atoms with E-state index in [4.69, 9.17) is 4.74 Å². The van der Waals surface area contributed by atoms with Crippen molar-refractivity contribution in [2.24, 2.45) is 0 Å². The Morgan fingerprint density at radius 3 is 2.62 bits per heavy atom. The Labute approximate surface area is 227 Å². The topological polar surface area (TPSA) is 111 Å². The zero-order valence-corrected chi connectivity index (χ0v) is 22.3. The number of imide groups is 1. The van der Waals surface area contributed by atoms with Gasteiger partial charge in [0.25, 0.3) is 5.91 Å². The van der Waals surface area contributed by atoms with Gasteiger partial charge in [0.2, 0.25) is 11.8 Å². The molecule has 3 heterocycles. The summed E-state index contributed by atoms with van der Waals surface area (Å²) in [4.78, 5) is 40.4. The number of ether oxygens (including phenoxy) is 1. The summed E-state index contributed by atoms with van der Waals surface area (Å²) in [6.45, 7) is 4.78. The van der Waals surface area contributed by atoms with Gasteiger partial charge in [-0.1, -0.05) is 25.1 Å². The predicted octanol–water partition coefficient (Wildman–Crippen LogP) is 3.08. The van der Waals surface area contributed by atoms with Crippen LogP contribution in [0.5, 0.6) is 0 Å². The van der Waals surface area contributed by atoms with Gasteiger partial charge in [-0.15, -0.1) is 0 Å². The maximum atomic E-state index is 15.1. The molecule has 3 aliphatic heterocycles. The number of rotatable bonds is 8. The highest BCUT2D eigenvalue weighted by molar-refractivity contribution is 6.06. The first-order valence-electron chi connectivity index (χ1n) is 13.5. The number of anilines is 1. The summed E-state index contributed by atoms with van der Waals surface area (Å²) in [6, 6.07) is 9.28. The molecule has 0 saturated carbocycles. The van der Waals surface area contributed by atoms with E-state index in [1.54, 1.807) is 37.4 Å².